The molecule has 0 N–H and O–H groups in total. The van der Waals surface area contributed by atoms with Crippen molar-refractivity contribution in [2.24, 2.45) is 0 Å². The summed E-state index contributed by atoms with van der Waals surface area (Å²) in [5.41, 5.74) is 4.48. The molecule has 0 radical (unpaired) electrons. The molecular weight excluding hydrogens is 318 g/mol. The van der Waals surface area contributed by atoms with Crippen LogP contribution in [-0.2, 0) is 6.61 Å². The molecule has 0 fully saturated rings. The smallest absolute Gasteiger partial charge is 0.248 e. The van der Waals surface area contributed by atoms with Crippen LogP contribution >= 0.6 is 0 Å². The summed E-state index contributed by atoms with van der Waals surface area (Å²) in [6.45, 7) is 4.25. The third kappa shape index (κ3) is 3.30. The molecule has 4 aromatic rings. The van der Waals surface area contributed by atoms with Crippen LogP contribution in [0.4, 0.5) is 0 Å². The number of ether oxygens (including phenoxy) is 1. The Balaban J connectivity index is 1.56. The average Bonchev–Trinajstić information content (AvgIpc) is 3.05. The Morgan fingerprint density at radius 1 is 1.00 bits per heavy atom. The highest BCUT2D eigenvalue weighted by Gasteiger charge is 2.12. The lowest BCUT2D eigenvalue weighted by Crippen LogP contribution is -1.98. The number of hydrogen-bond donors (Lipinski definition) is 0. The molecule has 0 aromatic carbocycles. The summed E-state index contributed by atoms with van der Waals surface area (Å²) in [6.07, 6.45) is 4.90. The summed E-state index contributed by atoms with van der Waals surface area (Å²) < 4.78 is 11.4. The molecule has 7 heteroatoms. The first-order valence-corrected chi connectivity index (χ1v) is 7.77. The van der Waals surface area contributed by atoms with Gasteiger partial charge in [-0.1, -0.05) is 6.07 Å². The van der Waals surface area contributed by atoms with Gasteiger partial charge >= 0.3 is 0 Å². The van der Waals surface area contributed by atoms with E-state index in [1.54, 1.807) is 12.3 Å². The Kier molecular flexibility index (Phi) is 3.81. The SMILES string of the molecule is Cc1ccc(COc2cnc3oc(-c4cc(C)ncn4)nc3c2)nc1. The van der Waals surface area contributed by atoms with Crippen molar-refractivity contribution < 1.29 is 9.15 Å². The molecule has 4 heterocycles. The van der Waals surface area contributed by atoms with Gasteiger partial charge in [-0.15, -0.1) is 0 Å². The van der Waals surface area contributed by atoms with Gasteiger partial charge in [0.1, 0.15) is 29.9 Å². The molecule has 25 heavy (non-hydrogen) atoms. The van der Waals surface area contributed by atoms with Crippen molar-refractivity contribution in [1.29, 1.82) is 0 Å². The summed E-state index contributed by atoms with van der Waals surface area (Å²) in [4.78, 5) is 21.3. The minimum atomic E-state index is 0.364. The quantitative estimate of drug-likeness (QED) is 0.566. The van der Waals surface area contributed by atoms with Crippen LogP contribution in [-0.4, -0.2) is 24.9 Å². The Morgan fingerprint density at radius 2 is 1.92 bits per heavy atom. The van der Waals surface area contributed by atoms with Crippen molar-refractivity contribution in [2.45, 2.75) is 20.5 Å². The van der Waals surface area contributed by atoms with Crippen LogP contribution < -0.4 is 4.74 Å². The number of hydrogen-bond acceptors (Lipinski definition) is 7. The van der Waals surface area contributed by atoms with E-state index in [9.17, 15) is 0 Å². The number of nitrogens with zero attached hydrogens (tertiary/aromatic N) is 5. The highest BCUT2D eigenvalue weighted by atomic mass is 16.5. The number of aromatic nitrogens is 5. The highest BCUT2D eigenvalue weighted by Crippen LogP contribution is 2.24. The molecule has 4 aromatic heterocycles. The lowest BCUT2D eigenvalue weighted by molar-refractivity contribution is 0.300. The molecule has 0 aliphatic rings. The first kappa shape index (κ1) is 15.2. The van der Waals surface area contributed by atoms with Gasteiger partial charge in [0.05, 0.1) is 11.9 Å². The van der Waals surface area contributed by atoms with Gasteiger partial charge in [0.15, 0.2) is 0 Å². The van der Waals surface area contributed by atoms with E-state index in [-0.39, 0.29) is 0 Å². The first-order valence-electron chi connectivity index (χ1n) is 7.77. The largest absolute Gasteiger partial charge is 0.486 e. The molecule has 0 unspecified atom stereocenters. The average molecular weight is 333 g/mol. The van der Waals surface area contributed by atoms with Gasteiger partial charge in [-0.25, -0.2) is 19.9 Å². The fourth-order valence-electron chi connectivity index (χ4n) is 2.31. The van der Waals surface area contributed by atoms with Crippen molar-refractivity contribution in [2.75, 3.05) is 0 Å². The van der Waals surface area contributed by atoms with Crippen LogP contribution in [0.2, 0.25) is 0 Å². The van der Waals surface area contributed by atoms with Crippen molar-refractivity contribution in [3.05, 3.63) is 59.9 Å². The van der Waals surface area contributed by atoms with Crippen molar-refractivity contribution in [3.63, 3.8) is 0 Å². The maximum absolute atomic E-state index is 5.74. The molecule has 0 saturated heterocycles. The standard InChI is InChI=1S/C18H15N5O2/c1-11-3-4-13(19-7-11)9-24-14-6-16-17(20-8-14)25-18(23-16)15-5-12(2)21-10-22-15/h3-8,10H,9H2,1-2H3. The van der Waals surface area contributed by atoms with Crippen molar-refractivity contribution in [3.8, 4) is 17.3 Å². The molecular formula is C18H15N5O2. The van der Waals surface area contributed by atoms with E-state index in [2.05, 4.69) is 24.9 Å². The number of oxazole rings is 1. The van der Waals surface area contributed by atoms with E-state index in [0.29, 0.717) is 35.2 Å². The Bertz CT molecular complexity index is 1030. The Labute approximate surface area is 143 Å². The van der Waals surface area contributed by atoms with E-state index in [4.69, 9.17) is 9.15 Å². The zero-order valence-electron chi connectivity index (χ0n) is 13.8. The fraction of sp³-hybridized carbons (Fsp3) is 0.167. The molecule has 0 saturated carbocycles. The molecule has 0 aliphatic heterocycles. The third-order valence-corrected chi connectivity index (χ3v) is 3.60. The monoisotopic (exact) mass is 333 g/mol. The van der Waals surface area contributed by atoms with Gasteiger partial charge in [0.2, 0.25) is 11.6 Å². The van der Waals surface area contributed by atoms with Crippen LogP contribution in [0.5, 0.6) is 5.75 Å². The molecule has 4 rings (SSSR count). The van der Waals surface area contributed by atoms with Gasteiger partial charge in [-0.3, -0.25) is 4.98 Å². The molecule has 0 bridgehead atoms. The van der Waals surface area contributed by atoms with Gasteiger partial charge in [0, 0.05) is 18.0 Å². The maximum atomic E-state index is 5.74. The second-order valence-corrected chi connectivity index (χ2v) is 5.67. The minimum absolute atomic E-state index is 0.364. The van der Waals surface area contributed by atoms with Crippen LogP contribution in [0, 0.1) is 13.8 Å². The molecule has 124 valence electrons. The van der Waals surface area contributed by atoms with Crippen molar-refractivity contribution >= 4 is 11.2 Å². The van der Waals surface area contributed by atoms with Gasteiger partial charge in [0.25, 0.3) is 0 Å². The van der Waals surface area contributed by atoms with E-state index in [1.165, 1.54) is 6.33 Å². The summed E-state index contributed by atoms with van der Waals surface area (Å²) >= 11 is 0. The molecule has 0 aliphatic carbocycles. The third-order valence-electron chi connectivity index (χ3n) is 3.60. The van der Waals surface area contributed by atoms with E-state index >= 15 is 0 Å². The highest BCUT2D eigenvalue weighted by molar-refractivity contribution is 5.73. The lowest BCUT2D eigenvalue weighted by Gasteiger charge is -2.04. The number of aryl methyl sites for hydroxylation is 2. The van der Waals surface area contributed by atoms with Gasteiger partial charge in [-0.05, 0) is 31.5 Å². The number of rotatable bonds is 4. The number of pyridine rings is 2. The normalized spacial score (nSPS) is 11.0. The zero-order valence-corrected chi connectivity index (χ0v) is 13.8. The Hall–Kier alpha value is -3.35. The maximum Gasteiger partial charge on any atom is 0.248 e. The molecule has 0 atom stereocenters. The van der Waals surface area contributed by atoms with Crippen LogP contribution in [0.25, 0.3) is 22.8 Å². The van der Waals surface area contributed by atoms with E-state index in [1.807, 2.05) is 38.2 Å². The number of fused-ring (bicyclic) bond motifs is 1. The molecule has 7 nitrogen and oxygen atoms in total. The summed E-state index contributed by atoms with van der Waals surface area (Å²) in [6, 6.07) is 7.54. The predicted molar refractivity (Wildman–Crippen MR) is 90.9 cm³/mol. The van der Waals surface area contributed by atoms with Gasteiger partial charge in [-0.2, -0.15) is 0 Å². The second-order valence-electron chi connectivity index (χ2n) is 5.67. The minimum Gasteiger partial charge on any atom is -0.486 e. The van der Waals surface area contributed by atoms with Crippen LogP contribution in [0.3, 0.4) is 0 Å². The summed E-state index contributed by atoms with van der Waals surface area (Å²) in [5, 5.41) is 0. The fourth-order valence-corrected chi connectivity index (χ4v) is 2.31. The zero-order chi connectivity index (χ0) is 17.2. The molecule has 0 spiro atoms. The van der Waals surface area contributed by atoms with E-state index in [0.717, 1.165) is 17.0 Å². The van der Waals surface area contributed by atoms with Crippen molar-refractivity contribution in [1.82, 2.24) is 24.9 Å². The topological polar surface area (TPSA) is 86.8 Å². The lowest BCUT2D eigenvalue weighted by atomic mass is 10.3. The Morgan fingerprint density at radius 3 is 2.72 bits per heavy atom. The second kappa shape index (κ2) is 6.27. The molecule has 0 amide bonds. The van der Waals surface area contributed by atoms with E-state index < -0.39 is 0 Å². The van der Waals surface area contributed by atoms with Gasteiger partial charge < -0.3 is 9.15 Å². The first-order chi connectivity index (χ1) is 12.2. The summed E-state index contributed by atoms with van der Waals surface area (Å²) in [5.74, 6) is 1.01. The predicted octanol–water partition coefficient (Wildman–Crippen LogP) is 3.27. The van der Waals surface area contributed by atoms with Crippen LogP contribution in [0.15, 0.2) is 47.4 Å². The summed E-state index contributed by atoms with van der Waals surface area (Å²) in [7, 11) is 0. The van der Waals surface area contributed by atoms with Crippen LogP contribution in [0.1, 0.15) is 17.0 Å².